The number of amides is 1. The van der Waals surface area contributed by atoms with Crippen molar-refractivity contribution in [1.82, 2.24) is 9.80 Å². The Hall–Kier alpha value is -0.770. The van der Waals surface area contributed by atoms with Gasteiger partial charge in [0.05, 0.1) is 0 Å². The maximum absolute atomic E-state index is 12.0. The molecule has 0 saturated carbocycles. The second-order valence-corrected chi connectivity index (χ2v) is 7.52. The van der Waals surface area contributed by atoms with Gasteiger partial charge in [-0.1, -0.05) is 13.8 Å². The quantitative estimate of drug-likeness (QED) is 0.771. The SMILES string of the molecule is CC(C)CN1CC2CN(C(=O)OC(C)(C)C)CC2C1. The van der Waals surface area contributed by atoms with E-state index >= 15 is 0 Å². The molecule has 2 heterocycles. The third-order valence-corrected chi connectivity index (χ3v) is 3.84. The van der Waals surface area contributed by atoms with Gasteiger partial charge in [-0.15, -0.1) is 0 Å². The number of ether oxygens (including phenoxy) is 1. The minimum absolute atomic E-state index is 0.141. The van der Waals surface area contributed by atoms with E-state index in [1.165, 1.54) is 6.54 Å². The molecule has 4 heteroatoms. The van der Waals surface area contributed by atoms with E-state index in [0.717, 1.165) is 32.1 Å². The van der Waals surface area contributed by atoms with Crippen LogP contribution in [0.5, 0.6) is 0 Å². The Morgan fingerprint density at radius 1 is 1.16 bits per heavy atom. The standard InChI is InChI=1S/C15H28N2O2/c1-11(2)6-16-7-12-9-17(10-13(12)8-16)14(18)19-15(3,4)5/h11-13H,6-10H2,1-5H3. The Labute approximate surface area is 117 Å². The van der Waals surface area contributed by atoms with E-state index in [9.17, 15) is 4.79 Å². The molecule has 0 aromatic carbocycles. The lowest BCUT2D eigenvalue weighted by molar-refractivity contribution is 0.0274. The third kappa shape index (κ3) is 3.85. The molecule has 2 aliphatic heterocycles. The Kier molecular flexibility index (Phi) is 4.09. The largest absolute Gasteiger partial charge is 0.444 e. The highest BCUT2D eigenvalue weighted by molar-refractivity contribution is 5.68. The van der Waals surface area contributed by atoms with Crippen molar-refractivity contribution in [3.05, 3.63) is 0 Å². The summed E-state index contributed by atoms with van der Waals surface area (Å²) in [5.74, 6) is 2.01. The van der Waals surface area contributed by atoms with Gasteiger partial charge in [-0.25, -0.2) is 4.79 Å². The number of hydrogen-bond donors (Lipinski definition) is 0. The molecule has 4 nitrogen and oxygen atoms in total. The minimum atomic E-state index is -0.390. The average Bonchev–Trinajstić information content (AvgIpc) is 2.70. The zero-order chi connectivity index (χ0) is 14.2. The molecule has 0 bridgehead atoms. The van der Waals surface area contributed by atoms with E-state index in [-0.39, 0.29) is 6.09 Å². The first-order valence-corrected chi connectivity index (χ1v) is 7.45. The summed E-state index contributed by atoms with van der Waals surface area (Å²) >= 11 is 0. The predicted octanol–water partition coefficient (Wildman–Crippen LogP) is 2.44. The van der Waals surface area contributed by atoms with Crippen LogP contribution in [0.3, 0.4) is 0 Å². The molecular weight excluding hydrogens is 240 g/mol. The normalized spacial score (nSPS) is 28.0. The van der Waals surface area contributed by atoms with Gasteiger partial charge in [-0.3, -0.25) is 0 Å². The van der Waals surface area contributed by atoms with Crippen LogP contribution in [-0.4, -0.2) is 54.2 Å². The summed E-state index contributed by atoms with van der Waals surface area (Å²) in [6, 6.07) is 0. The lowest BCUT2D eigenvalue weighted by atomic mass is 10.0. The highest BCUT2D eigenvalue weighted by atomic mass is 16.6. The molecule has 0 N–H and O–H groups in total. The van der Waals surface area contributed by atoms with E-state index in [1.807, 2.05) is 25.7 Å². The van der Waals surface area contributed by atoms with Crippen molar-refractivity contribution in [2.45, 2.75) is 40.2 Å². The molecule has 2 atom stereocenters. The van der Waals surface area contributed by atoms with Gasteiger partial charge in [0.2, 0.25) is 0 Å². The average molecular weight is 268 g/mol. The van der Waals surface area contributed by atoms with Gasteiger partial charge in [0.25, 0.3) is 0 Å². The number of fused-ring (bicyclic) bond motifs is 1. The highest BCUT2D eigenvalue weighted by Gasteiger charge is 2.42. The summed E-state index contributed by atoms with van der Waals surface area (Å²) in [4.78, 5) is 16.5. The van der Waals surface area contributed by atoms with Crippen LogP contribution in [0.25, 0.3) is 0 Å². The van der Waals surface area contributed by atoms with Crippen LogP contribution < -0.4 is 0 Å². The van der Waals surface area contributed by atoms with Crippen molar-refractivity contribution in [3.63, 3.8) is 0 Å². The molecule has 0 aromatic heterocycles. The van der Waals surface area contributed by atoms with Crippen LogP contribution >= 0.6 is 0 Å². The predicted molar refractivity (Wildman–Crippen MR) is 76.1 cm³/mol. The van der Waals surface area contributed by atoms with E-state index < -0.39 is 5.60 Å². The second kappa shape index (κ2) is 5.31. The van der Waals surface area contributed by atoms with Crippen LogP contribution in [0.15, 0.2) is 0 Å². The molecule has 110 valence electrons. The zero-order valence-corrected chi connectivity index (χ0v) is 13.0. The van der Waals surface area contributed by atoms with Crippen LogP contribution in [0, 0.1) is 17.8 Å². The fourth-order valence-electron chi connectivity index (χ4n) is 3.23. The number of likely N-dealkylation sites (tertiary alicyclic amines) is 2. The Bertz CT molecular complexity index is 322. The highest BCUT2D eigenvalue weighted by Crippen LogP contribution is 2.32. The van der Waals surface area contributed by atoms with Crippen molar-refractivity contribution in [1.29, 1.82) is 0 Å². The first-order chi connectivity index (χ1) is 8.74. The zero-order valence-electron chi connectivity index (χ0n) is 13.0. The Balaban J connectivity index is 1.82. The molecule has 2 aliphatic rings. The molecule has 1 amide bonds. The van der Waals surface area contributed by atoms with Gasteiger partial charge in [0.15, 0.2) is 0 Å². The molecular formula is C15H28N2O2. The lowest BCUT2D eigenvalue weighted by Crippen LogP contribution is -2.38. The molecule has 2 saturated heterocycles. The molecule has 0 aliphatic carbocycles. The van der Waals surface area contributed by atoms with Gasteiger partial charge < -0.3 is 14.5 Å². The van der Waals surface area contributed by atoms with Crippen LogP contribution in [0.2, 0.25) is 0 Å². The maximum atomic E-state index is 12.0. The van der Waals surface area contributed by atoms with Gasteiger partial charge in [0, 0.05) is 32.7 Å². The molecule has 2 rings (SSSR count). The van der Waals surface area contributed by atoms with Crippen LogP contribution in [0.1, 0.15) is 34.6 Å². The number of rotatable bonds is 2. The van der Waals surface area contributed by atoms with Crippen LogP contribution in [-0.2, 0) is 4.74 Å². The fraction of sp³-hybridized carbons (Fsp3) is 0.933. The van der Waals surface area contributed by atoms with E-state index in [2.05, 4.69) is 18.7 Å². The summed E-state index contributed by atoms with van der Waals surface area (Å²) in [7, 11) is 0. The number of hydrogen-bond acceptors (Lipinski definition) is 3. The summed E-state index contributed by atoms with van der Waals surface area (Å²) in [6.45, 7) is 15.5. The summed E-state index contributed by atoms with van der Waals surface area (Å²) in [5.41, 5.74) is -0.390. The smallest absolute Gasteiger partial charge is 0.410 e. The molecule has 19 heavy (non-hydrogen) atoms. The van der Waals surface area contributed by atoms with Gasteiger partial charge in [-0.05, 0) is 38.5 Å². The first kappa shape index (κ1) is 14.6. The van der Waals surface area contributed by atoms with Crippen LogP contribution in [0.4, 0.5) is 4.79 Å². The van der Waals surface area contributed by atoms with Gasteiger partial charge in [0.1, 0.15) is 5.60 Å². The molecule has 2 fully saturated rings. The number of carbonyl (C=O) groups excluding carboxylic acids is 1. The monoisotopic (exact) mass is 268 g/mol. The molecule has 0 spiro atoms. The Morgan fingerprint density at radius 2 is 1.68 bits per heavy atom. The topological polar surface area (TPSA) is 32.8 Å². The summed E-state index contributed by atoms with van der Waals surface area (Å²) in [5, 5.41) is 0. The lowest BCUT2D eigenvalue weighted by Gasteiger charge is -2.26. The van der Waals surface area contributed by atoms with E-state index in [4.69, 9.17) is 4.74 Å². The van der Waals surface area contributed by atoms with Gasteiger partial charge in [-0.2, -0.15) is 0 Å². The van der Waals surface area contributed by atoms with E-state index in [0.29, 0.717) is 11.8 Å². The molecule has 2 unspecified atom stereocenters. The fourth-order valence-corrected chi connectivity index (χ4v) is 3.23. The second-order valence-electron chi connectivity index (χ2n) is 7.52. The summed E-state index contributed by atoms with van der Waals surface area (Å²) < 4.78 is 5.45. The Morgan fingerprint density at radius 3 is 2.11 bits per heavy atom. The first-order valence-electron chi connectivity index (χ1n) is 7.45. The van der Waals surface area contributed by atoms with Crippen molar-refractivity contribution < 1.29 is 9.53 Å². The van der Waals surface area contributed by atoms with Crippen molar-refractivity contribution in [2.75, 3.05) is 32.7 Å². The van der Waals surface area contributed by atoms with Crippen molar-refractivity contribution in [3.8, 4) is 0 Å². The third-order valence-electron chi connectivity index (χ3n) is 3.84. The van der Waals surface area contributed by atoms with Crippen molar-refractivity contribution in [2.24, 2.45) is 17.8 Å². The molecule has 0 aromatic rings. The summed E-state index contributed by atoms with van der Waals surface area (Å²) in [6.07, 6.45) is -0.141. The maximum Gasteiger partial charge on any atom is 0.410 e. The van der Waals surface area contributed by atoms with Crippen molar-refractivity contribution >= 4 is 6.09 Å². The minimum Gasteiger partial charge on any atom is -0.444 e. The van der Waals surface area contributed by atoms with Gasteiger partial charge >= 0.3 is 6.09 Å². The number of nitrogens with zero attached hydrogens (tertiary/aromatic N) is 2. The molecule has 0 radical (unpaired) electrons. The van der Waals surface area contributed by atoms with E-state index in [1.54, 1.807) is 0 Å². The number of carbonyl (C=O) groups is 1.